The van der Waals surface area contributed by atoms with Crippen molar-refractivity contribution in [2.45, 2.75) is 46.0 Å². The fourth-order valence-electron chi connectivity index (χ4n) is 3.00. The van der Waals surface area contributed by atoms with Crippen LogP contribution >= 0.6 is 11.3 Å². The molecule has 0 unspecified atom stereocenters. The van der Waals surface area contributed by atoms with E-state index in [1.165, 1.54) is 0 Å². The Morgan fingerprint density at radius 1 is 1.61 bits per heavy atom. The number of thiazole rings is 1. The van der Waals surface area contributed by atoms with E-state index >= 15 is 0 Å². The molecule has 1 aliphatic heterocycles. The largest absolute Gasteiger partial charge is 0.344 e. The number of amides is 1. The number of alkyl halides is 1. The van der Waals surface area contributed by atoms with Gasteiger partial charge in [0.1, 0.15) is 6.17 Å². The molecule has 2 rings (SSSR count). The second-order valence-corrected chi connectivity index (χ2v) is 8.11. The topological polar surface area (TPSA) is 62.5 Å². The highest BCUT2D eigenvalue weighted by atomic mass is 32.1. The van der Waals surface area contributed by atoms with Crippen LogP contribution < -0.4 is 5.73 Å². The van der Waals surface area contributed by atoms with Gasteiger partial charge in [-0.25, -0.2) is 9.37 Å². The summed E-state index contributed by atoms with van der Waals surface area (Å²) in [6.45, 7) is 7.51. The van der Waals surface area contributed by atoms with E-state index in [9.17, 15) is 9.18 Å². The summed E-state index contributed by atoms with van der Waals surface area (Å²) in [6.07, 6.45) is -0.380. The van der Waals surface area contributed by atoms with E-state index in [2.05, 4.69) is 9.88 Å². The maximum absolute atomic E-state index is 13.9. The molecule has 2 heterocycles. The molecule has 0 aromatic carbocycles. The number of likely N-dealkylation sites (tertiary alicyclic amines) is 1. The van der Waals surface area contributed by atoms with Crippen molar-refractivity contribution in [1.29, 1.82) is 0 Å². The van der Waals surface area contributed by atoms with Gasteiger partial charge in [-0.3, -0.25) is 9.69 Å². The first kappa shape index (κ1) is 18.3. The first-order chi connectivity index (χ1) is 10.7. The average molecular weight is 342 g/mol. The Kier molecular flexibility index (Phi) is 5.75. The molecule has 23 heavy (non-hydrogen) atoms. The zero-order valence-electron chi connectivity index (χ0n) is 14.4. The van der Waals surface area contributed by atoms with E-state index in [0.29, 0.717) is 32.6 Å². The highest BCUT2D eigenvalue weighted by molar-refractivity contribution is 7.09. The Hall–Kier alpha value is -1.05. The molecule has 0 radical (unpaired) electrons. The number of carbonyl (C=O) groups is 1. The fraction of sp³-hybridized carbons (Fsp3) is 0.750. The first-order valence-corrected chi connectivity index (χ1v) is 8.85. The molecular weight excluding hydrogens is 315 g/mol. The van der Waals surface area contributed by atoms with Crippen molar-refractivity contribution >= 4 is 17.2 Å². The van der Waals surface area contributed by atoms with Gasteiger partial charge in [0.2, 0.25) is 5.91 Å². The normalized spacial score (nSPS) is 22.5. The summed E-state index contributed by atoms with van der Waals surface area (Å²) in [5.74, 6) is 0.00626. The monoisotopic (exact) mass is 342 g/mol. The zero-order chi connectivity index (χ0) is 17.2. The summed E-state index contributed by atoms with van der Waals surface area (Å²) in [6, 6.07) is 0.0227. The first-order valence-electron chi connectivity index (χ1n) is 7.97. The number of aromatic nitrogens is 1. The molecule has 2 atom stereocenters. The van der Waals surface area contributed by atoms with E-state index in [1.807, 2.05) is 26.2 Å². The smallest absolute Gasteiger partial charge is 0.229 e. The summed E-state index contributed by atoms with van der Waals surface area (Å²) in [5, 5.41) is 3.04. The van der Waals surface area contributed by atoms with Gasteiger partial charge >= 0.3 is 0 Å². The lowest BCUT2D eigenvalue weighted by molar-refractivity contribution is -0.139. The number of hydrogen-bond acceptors (Lipinski definition) is 5. The molecule has 1 saturated heterocycles. The van der Waals surface area contributed by atoms with Crippen LogP contribution in [0.1, 0.15) is 31.0 Å². The number of rotatable bonds is 6. The number of hydrogen-bond donors (Lipinski definition) is 1. The Balaban J connectivity index is 2.00. The van der Waals surface area contributed by atoms with Crippen molar-refractivity contribution in [2.75, 3.05) is 26.7 Å². The van der Waals surface area contributed by atoms with Crippen LogP contribution in [0.2, 0.25) is 0 Å². The number of aryl methyl sites for hydroxylation is 1. The molecule has 130 valence electrons. The SMILES string of the molecule is Cc1nc(CN2C[C@@H](F)C[C@H]2CN(C)C(=O)C(C)(C)CN)cs1. The van der Waals surface area contributed by atoms with Gasteiger partial charge in [0.05, 0.1) is 16.1 Å². The predicted octanol–water partition coefficient (Wildman–Crippen LogP) is 1.81. The van der Waals surface area contributed by atoms with Gasteiger partial charge in [-0.15, -0.1) is 11.3 Å². The van der Waals surface area contributed by atoms with Crippen LogP contribution in [0.4, 0.5) is 4.39 Å². The van der Waals surface area contributed by atoms with Gasteiger partial charge in [-0.2, -0.15) is 0 Å². The standard InChI is InChI=1S/C16H27FN4OS/c1-11-19-13(9-23-11)7-21-6-12(17)5-14(21)8-20(4)15(22)16(2,3)10-18/h9,12,14H,5-8,10,18H2,1-4H3/t12-,14-/m0/s1. The van der Waals surface area contributed by atoms with Crippen LogP contribution in [-0.2, 0) is 11.3 Å². The summed E-state index contributed by atoms with van der Waals surface area (Å²) in [7, 11) is 1.77. The van der Waals surface area contributed by atoms with Crippen molar-refractivity contribution < 1.29 is 9.18 Å². The number of carbonyl (C=O) groups excluding carboxylic acids is 1. The van der Waals surface area contributed by atoms with Crippen molar-refractivity contribution in [2.24, 2.45) is 11.1 Å². The summed E-state index contributed by atoms with van der Waals surface area (Å²) in [4.78, 5) is 20.7. The van der Waals surface area contributed by atoms with Crippen LogP contribution in [0.25, 0.3) is 0 Å². The van der Waals surface area contributed by atoms with Gasteiger partial charge in [-0.1, -0.05) is 0 Å². The number of likely N-dealkylation sites (N-methyl/N-ethyl adjacent to an activating group) is 1. The minimum Gasteiger partial charge on any atom is -0.344 e. The highest BCUT2D eigenvalue weighted by Gasteiger charge is 2.36. The molecule has 0 aliphatic carbocycles. The fourth-order valence-corrected chi connectivity index (χ4v) is 3.60. The molecule has 5 nitrogen and oxygen atoms in total. The Morgan fingerprint density at radius 3 is 2.87 bits per heavy atom. The Bertz CT molecular complexity index is 548. The van der Waals surface area contributed by atoms with Crippen molar-refractivity contribution in [3.05, 3.63) is 16.1 Å². The third-order valence-corrected chi connectivity index (χ3v) is 5.25. The summed E-state index contributed by atoms with van der Waals surface area (Å²) >= 11 is 1.60. The highest BCUT2D eigenvalue weighted by Crippen LogP contribution is 2.25. The van der Waals surface area contributed by atoms with E-state index in [-0.39, 0.29) is 11.9 Å². The van der Waals surface area contributed by atoms with Crippen LogP contribution in [-0.4, -0.2) is 59.6 Å². The van der Waals surface area contributed by atoms with Crippen molar-refractivity contribution in [1.82, 2.24) is 14.8 Å². The lowest BCUT2D eigenvalue weighted by Gasteiger charge is -2.32. The molecule has 0 saturated carbocycles. The quantitative estimate of drug-likeness (QED) is 0.856. The molecule has 0 bridgehead atoms. The lowest BCUT2D eigenvalue weighted by atomic mass is 9.92. The third kappa shape index (κ3) is 4.49. The van der Waals surface area contributed by atoms with Gasteiger partial charge in [0.15, 0.2) is 0 Å². The molecule has 7 heteroatoms. The lowest BCUT2D eigenvalue weighted by Crippen LogP contribution is -2.47. The zero-order valence-corrected chi connectivity index (χ0v) is 15.2. The van der Waals surface area contributed by atoms with Crippen LogP contribution in [0, 0.1) is 12.3 Å². The van der Waals surface area contributed by atoms with Crippen LogP contribution in [0.5, 0.6) is 0 Å². The molecule has 1 fully saturated rings. The van der Waals surface area contributed by atoms with Gasteiger partial charge in [0, 0.05) is 44.6 Å². The third-order valence-electron chi connectivity index (χ3n) is 4.43. The maximum Gasteiger partial charge on any atom is 0.229 e. The van der Waals surface area contributed by atoms with E-state index in [1.54, 1.807) is 23.3 Å². The van der Waals surface area contributed by atoms with Gasteiger partial charge in [-0.05, 0) is 27.2 Å². The molecular formula is C16H27FN4OS. The van der Waals surface area contributed by atoms with Gasteiger partial charge in [0.25, 0.3) is 0 Å². The summed E-state index contributed by atoms with van der Waals surface area (Å²) in [5.41, 5.74) is 6.07. The molecule has 1 amide bonds. The van der Waals surface area contributed by atoms with Crippen LogP contribution in [0.15, 0.2) is 5.38 Å². The molecule has 1 aromatic heterocycles. The minimum atomic E-state index is -0.842. The van der Waals surface area contributed by atoms with Gasteiger partial charge < -0.3 is 10.6 Å². The number of nitrogens with two attached hydrogens (primary N) is 1. The second-order valence-electron chi connectivity index (χ2n) is 7.05. The number of halogens is 1. The van der Waals surface area contributed by atoms with E-state index in [4.69, 9.17) is 5.73 Å². The van der Waals surface area contributed by atoms with Crippen molar-refractivity contribution in [3.63, 3.8) is 0 Å². The minimum absolute atomic E-state index is 0.00626. The second kappa shape index (κ2) is 7.23. The van der Waals surface area contributed by atoms with E-state index in [0.717, 1.165) is 10.7 Å². The maximum atomic E-state index is 13.9. The predicted molar refractivity (Wildman–Crippen MR) is 91.0 cm³/mol. The molecule has 2 N–H and O–H groups in total. The molecule has 1 aliphatic rings. The average Bonchev–Trinajstić information content (AvgIpc) is 3.04. The molecule has 0 spiro atoms. The summed E-state index contributed by atoms with van der Waals surface area (Å²) < 4.78 is 13.9. The number of nitrogens with zero attached hydrogens (tertiary/aromatic N) is 3. The van der Waals surface area contributed by atoms with Crippen molar-refractivity contribution in [3.8, 4) is 0 Å². The molecule has 1 aromatic rings. The Morgan fingerprint density at radius 2 is 2.30 bits per heavy atom. The van der Waals surface area contributed by atoms with Crippen LogP contribution in [0.3, 0.4) is 0 Å². The Labute approximate surface area is 141 Å². The van der Waals surface area contributed by atoms with E-state index < -0.39 is 11.6 Å².